The predicted octanol–water partition coefficient (Wildman–Crippen LogP) is 5.76. The van der Waals surface area contributed by atoms with Crippen LogP contribution in [0.1, 0.15) is 23.3 Å². The molecule has 1 amide bonds. The number of H-pyrrole nitrogens is 1. The number of carbonyl (C=O) groups excluding carboxylic acids is 1. The molecule has 178 valence electrons. The molecule has 0 aliphatic carbocycles. The molecule has 5 rings (SSSR count). The molecule has 1 fully saturated rings. The van der Waals surface area contributed by atoms with Crippen molar-refractivity contribution < 1.29 is 14.6 Å². The number of aromatic nitrogens is 1. The van der Waals surface area contributed by atoms with Gasteiger partial charge in [-0.15, -0.1) is 0 Å². The maximum Gasteiger partial charge on any atom is 0.272 e. The molecule has 1 aromatic heterocycles. The lowest BCUT2D eigenvalue weighted by molar-refractivity contribution is 0.102. The summed E-state index contributed by atoms with van der Waals surface area (Å²) < 4.78 is 5.94. The van der Waals surface area contributed by atoms with Crippen LogP contribution in [0.5, 0.6) is 11.5 Å². The summed E-state index contributed by atoms with van der Waals surface area (Å²) in [5, 5.41) is 15.9. The van der Waals surface area contributed by atoms with Crippen molar-refractivity contribution in [1.82, 2.24) is 4.98 Å². The molecule has 7 heteroatoms. The summed E-state index contributed by atoms with van der Waals surface area (Å²) in [5.74, 6) is 1.22. The Balaban J connectivity index is 1.14. The van der Waals surface area contributed by atoms with Crippen LogP contribution in [-0.2, 0) is 0 Å². The Bertz CT molecular complexity index is 1230. The van der Waals surface area contributed by atoms with Crippen molar-refractivity contribution in [3.63, 3.8) is 0 Å². The summed E-state index contributed by atoms with van der Waals surface area (Å²) in [6.07, 6.45) is 3.19. The predicted molar refractivity (Wildman–Crippen MR) is 139 cm³/mol. The Morgan fingerprint density at radius 1 is 0.829 bits per heavy atom. The van der Waals surface area contributed by atoms with Gasteiger partial charge in [0.2, 0.25) is 0 Å². The zero-order valence-electron chi connectivity index (χ0n) is 19.3. The third-order valence-corrected chi connectivity index (χ3v) is 6.03. The first-order valence-electron chi connectivity index (χ1n) is 11.8. The number of anilines is 4. The van der Waals surface area contributed by atoms with E-state index in [-0.39, 0.29) is 12.0 Å². The van der Waals surface area contributed by atoms with Gasteiger partial charge in [-0.25, -0.2) is 0 Å². The summed E-state index contributed by atoms with van der Waals surface area (Å²) in [5.41, 5.74) is 4.37. The van der Waals surface area contributed by atoms with Crippen molar-refractivity contribution in [3.8, 4) is 11.5 Å². The highest BCUT2D eigenvalue weighted by Crippen LogP contribution is 2.27. The van der Waals surface area contributed by atoms with E-state index in [0.29, 0.717) is 17.1 Å². The second-order valence-electron chi connectivity index (χ2n) is 8.58. The molecule has 0 saturated carbocycles. The van der Waals surface area contributed by atoms with Crippen molar-refractivity contribution in [1.29, 1.82) is 0 Å². The molecule has 0 spiro atoms. The van der Waals surface area contributed by atoms with E-state index in [2.05, 4.69) is 44.8 Å². The molecule has 0 atom stereocenters. The first kappa shape index (κ1) is 22.6. The number of aromatic amines is 1. The fourth-order valence-electron chi connectivity index (χ4n) is 4.07. The van der Waals surface area contributed by atoms with Gasteiger partial charge >= 0.3 is 0 Å². The van der Waals surface area contributed by atoms with Gasteiger partial charge in [-0.3, -0.25) is 4.79 Å². The number of hydrogen-bond donors (Lipinski definition) is 4. The lowest BCUT2D eigenvalue weighted by atomic mass is 10.1. The first-order chi connectivity index (χ1) is 17.1. The van der Waals surface area contributed by atoms with Crippen LogP contribution in [0.4, 0.5) is 22.7 Å². The van der Waals surface area contributed by atoms with Crippen LogP contribution in [-0.4, -0.2) is 35.2 Å². The minimum atomic E-state index is -0.187. The van der Waals surface area contributed by atoms with E-state index in [9.17, 15) is 9.90 Å². The SMILES string of the molecule is O=C(Nc1ccc(Oc2ccc(Nc3ccc(N4CCC(O)CC4)cc3)cc2)cc1)c1ccc[nH]1. The summed E-state index contributed by atoms with van der Waals surface area (Å²) in [6.45, 7) is 1.78. The second kappa shape index (κ2) is 10.4. The quantitative estimate of drug-likeness (QED) is 0.277. The van der Waals surface area contributed by atoms with Crippen molar-refractivity contribution in [2.24, 2.45) is 0 Å². The van der Waals surface area contributed by atoms with Gasteiger partial charge in [0.25, 0.3) is 5.91 Å². The number of aliphatic hydroxyl groups excluding tert-OH is 1. The Labute approximate surface area is 204 Å². The molecule has 7 nitrogen and oxygen atoms in total. The maximum absolute atomic E-state index is 12.1. The number of aliphatic hydroxyl groups is 1. The number of amides is 1. The number of nitrogens with zero attached hydrogens (tertiary/aromatic N) is 1. The Hall–Kier alpha value is -4.23. The molecule has 1 aliphatic heterocycles. The highest BCUT2D eigenvalue weighted by molar-refractivity contribution is 6.02. The summed E-state index contributed by atoms with van der Waals surface area (Å²) in [7, 11) is 0. The maximum atomic E-state index is 12.1. The molecular weight excluding hydrogens is 440 g/mol. The number of nitrogens with one attached hydrogen (secondary N) is 3. The minimum Gasteiger partial charge on any atom is -0.457 e. The Kier molecular flexibility index (Phi) is 6.68. The molecule has 0 unspecified atom stereocenters. The fraction of sp³-hybridized carbons (Fsp3) is 0.179. The van der Waals surface area contributed by atoms with Gasteiger partial charge < -0.3 is 30.4 Å². The van der Waals surface area contributed by atoms with E-state index >= 15 is 0 Å². The van der Waals surface area contributed by atoms with E-state index in [1.54, 1.807) is 18.3 Å². The largest absolute Gasteiger partial charge is 0.457 e. The number of carbonyl (C=O) groups is 1. The van der Waals surface area contributed by atoms with Crippen molar-refractivity contribution in [2.75, 3.05) is 28.6 Å². The smallest absolute Gasteiger partial charge is 0.272 e. The summed E-state index contributed by atoms with van der Waals surface area (Å²) in [4.78, 5) is 17.3. The normalized spacial score (nSPS) is 13.9. The van der Waals surface area contributed by atoms with E-state index in [1.807, 2.05) is 48.5 Å². The average molecular weight is 469 g/mol. The van der Waals surface area contributed by atoms with Gasteiger partial charge in [0, 0.05) is 42.0 Å². The van der Waals surface area contributed by atoms with E-state index in [4.69, 9.17) is 4.74 Å². The first-order valence-corrected chi connectivity index (χ1v) is 11.8. The van der Waals surface area contributed by atoms with Crippen molar-refractivity contribution >= 4 is 28.7 Å². The Morgan fingerprint density at radius 3 is 1.97 bits per heavy atom. The monoisotopic (exact) mass is 468 g/mol. The van der Waals surface area contributed by atoms with Crippen LogP contribution < -0.4 is 20.3 Å². The molecular formula is C28H28N4O3. The zero-order chi connectivity index (χ0) is 24.0. The van der Waals surface area contributed by atoms with Gasteiger partial charge in [0.15, 0.2) is 0 Å². The molecule has 0 bridgehead atoms. The molecule has 35 heavy (non-hydrogen) atoms. The third-order valence-electron chi connectivity index (χ3n) is 6.03. The number of ether oxygens (including phenoxy) is 1. The highest BCUT2D eigenvalue weighted by atomic mass is 16.5. The lowest BCUT2D eigenvalue weighted by Gasteiger charge is -2.31. The van der Waals surface area contributed by atoms with E-state index < -0.39 is 0 Å². The standard InChI is InChI=1S/C28H28N4O3/c33-24-15-18-32(19-16-24)23-9-3-20(4-10-23)30-21-5-11-25(12-6-21)35-26-13-7-22(8-14-26)31-28(34)27-2-1-17-29-27/h1-14,17,24,29-30,33H,15-16,18-19H2,(H,31,34). The summed E-state index contributed by atoms with van der Waals surface area (Å²) >= 11 is 0. The van der Waals surface area contributed by atoms with Crippen molar-refractivity contribution in [3.05, 3.63) is 96.8 Å². The fourth-order valence-corrected chi connectivity index (χ4v) is 4.07. The highest BCUT2D eigenvalue weighted by Gasteiger charge is 2.17. The van der Waals surface area contributed by atoms with Gasteiger partial charge in [0.1, 0.15) is 17.2 Å². The molecule has 4 aromatic rings. The van der Waals surface area contributed by atoms with E-state index in [0.717, 1.165) is 43.1 Å². The van der Waals surface area contributed by atoms with Crippen LogP contribution in [0, 0.1) is 0 Å². The third kappa shape index (κ3) is 5.83. The second-order valence-corrected chi connectivity index (χ2v) is 8.58. The van der Waals surface area contributed by atoms with Gasteiger partial charge in [-0.2, -0.15) is 0 Å². The molecule has 0 radical (unpaired) electrons. The number of piperidine rings is 1. The lowest BCUT2D eigenvalue weighted by Crippen LogP contribution is -2.35. The molecule has 2 heterocycles. The van der Waals surface area contributed by atoms with Gasteiger partial charge in [0.05, 0.1) is 6.10 Å². The van der Waals surface area contributed by atoms with Crippen molar-refractivity contribution in [2.45, 2.75) is 18.9 Å². The molecule has 1 aliphatic rings. The van der Waals surface area contributed by atoms with Crippen LogP contribution in [0.15, 0.2) is 91.1 Å². The van der Waals surface area contributed by atoms with Gasteiger partial charge in [-0.1, -0.05) is 0 Å². The van der Waals surface area contributed by atoms with Crippen LogP contribution in [0.2, 0.25) is 0 Å². The molecule has 1 saturated heterocycles. The van der Waals surface area contributed by atoms with Crippen LogP contribution in [0.25, 0.3) is 0 Å². The van der Waals surface area contributed by atoms with Crippen LogP contribution in [0.3, 0.4) is 0 Å². The van der Waals surface area contributed by atoms with E-state index in [1.165, 1.54) is 5.69 Å². The Morgan fingerprint density at radius 2 is 1.40 bits per heavy atom. The number of benzene rings is 3. The minimum absolute atomic E-state index is 0.166. The zero-order valence-corrected chi connectivity index (χ0v) is 19.3. The molecule has 3 aromatic carbocycles. The molecule has 4 N–H and O–H groups in total. The summed E-state index contributed by atoms with van der Waals surface area (Å²) in [6, 6.07) is 26.9. The number of hydrogen-bond acceptors (Lipinski definition) is 5. The van der Waals surface area contributed by atoms with Crippen LogP contribution >= 0.6 is 0 Å². The topological polar surface area (TPSA) is 89.6 Å². The average Bonchev–Trinajstić information content (AvgIpc) is 3.43. The van der Waals surface area contributed by atoms with Gasteiger partial charge in [-0.05, 0) is 97.8 Å². The number of rotatable bonds is 7.